The Morgan fingerprint density at radius 2 is 1.63 bits per heavy atom. The van der Waals surface area contributed by atoms with E-state index < -0.39 is 7.75 Å². The summed E-state index contributed by atoms with van der Waals surface area (Å²) in [5, 5.41) is 2.40. The first-order chi connectivity index (χ1) is 8.57. The van der Waals surface area contributed by atoms with E-state index in [2.05, 4.69) is 5.09 Å². The number of rotatable bonds is 4. The number of benzene rings is 2. The monoisotopic (exact) mass is 282 g/mol. The van der Waals surface area contributed by atoms with E-state index in [9.17, 15) is 9.46 Å². The molecular weight excluding hydrogens is 267 g/mol. The molecule has 0 heterocycles. The van der Waals surface area contributed by atoms with E-state index >= 15 is 0 Å². The fourth-order valence-corrected chi connectivity index (χ4v) is 2.36. The maximum absolute atomic E-state index is 11.9. The minimum Gasteiger partial charge on any atom is -0.412 e. The van der Waals surface area contributed by atoms with Gasteiger partial charge < -0.3 is 15.7 Å². The van der Waals surface area contributed by atoms with E-state index in [1.165, 1.54) is 0 Å². The van der Waals surface area contributed by atoms with Crippen LogP contribution in [0.15, 0.2) is 54.6 Å². The van der Waals surface area contributed by atoms with E-state index in [0.29, 0.717) is 17.1 Å². The molecule has 1 unspecified atom stereocenters. The maximum Gasteiger partial charge on any atom is 0.483 e. The van der Waals surface area contributed by atoms with Crippen LogP contribution in [0.1, 0.15) is 0 Å². The molecule has 6 nitrogen and oxygen atoms in total. The molecule has 0 bridgehead atoms. The number of nitrogen functional groups attached to an aromatic ring is 1. The van der Waals surface area contributed by atoms with Crippen molar-refractivity contribution < 1.29 is 19.5 Å². The highest BCUT2D eigenvalue weighted by Gasteiger charge is 2.21. The first-order valence-corrected chi connectivity index (χ1v) is 6.85. The van der Waals surface area contributed by atoms with Crippen LogP contribution in [0.3, 0.4) is 0 Å². The molecule has 0 aliphatic heterocycles. The second kappa shape index (κ2) is 6.24. The molecule has 0 aromatic heterocycles. The number of para-hydroxylation sites is 3. The quantitative estimate of drug-likeness (QED) is 0.586. The average Bonchev–Trinajstić information content (AvgIpc) is 2.32. The van der Waals surface area contributed by atoms with Gasteiger partial charge in [0.25, 0.3) is 0 Å². The van der Waals surface area contributed by atoms with Gasteiger partial charge in [-0.2, -0.15) is 0 Å². The molecule has 0 amide bonds. The third-order valence-electron chi connectivity index (χ3n) is 2.19. The summed E-state index contributed by atoms with van der Waals surface area (Å²) < 4.78 is 16.9. The highest BCUT2D eigenvalue weighted by Crippen LogP contribution is 2.43. The third-order valence-corrected chi connectivity index (χ3v) is 3.18. The van der Waals surface area contributed by atoms with Gasteiger partial charge in [0.05, 0.1) is 11.4 Å². The largest absolute Gasteiger partial charge is 0.483 e. The smallest absolute Gasteiger partial charge is 0.412 e. The van der Waals surface area contributed by atoms with Gasteiger partial charge in [-0.1, -0.05) is 30.3 Å². The van der Waals surface area contributed by atoms with Crippen LogP contribution in [-0.4, -0.2) is 10.4 Å². The third kappa shape index (κ3) is 4.30. The first-order valence-electron chi connectivity index (χ1n) is 5.27. The molecular formula is C12H15N2O4P. The van der Waals surface area contributed by atoms with Gasteiger partial charge in [-0.25, -0.2) is 4.57 Å². The zero-order valence-corrected chi connectivity index (χ0v) is 10.9. The summed E-state index contributed by atoms with van der Waals surface area (Å²) in [5.74, 6) is 0.310. The van der Waals surface area contributed by atoms with Crippen molar-refractivity contribution >= 4 is 19.1 Å². The summed E-state index contributed by atoms with van der Waals surface area (Å²) in [5.41, 5.74) is 6.41. The van der Waals surface area contributed by atoms with Gasteiger partial charge >= 0.3 is 7.75 Å². The Labute approximate surface area is 110 Å². The Morgan fingerprint density at radius 1 is 1.05 bits per heavy atom. The summed E-state index contributed by atoms with van der Waals surface area (Å²) in [6, 6.07) is 15.1. The minimum atomic E-state index is -3.99. The zero-order chi connectivity index (χ0) is 13.0. The lowest BCUT2D eigenvalue weighted by molar-refractivity contribution is 0.387. The Kier molecular flexibility index (Phi) is 4.94. The molecule has 0 fully saturated rings. The molecule has 0 aliphatic rings. The SMILES string of the molecule is Nc1ccccc1NP(=O)(O)Oc1ccccc1.O. The molecule has 102 valence electrons. The molecule has 6 N–H and O–H groups in total. The predicted octanol–water partition coefficient (Wildman–Crippen LogP) is 2.04. The number of nitrogens with one attached hydrogen (secondary N) is 1. The molecule has 0 spiro atoms. The zero-order valence-electron chi connectivity index (χ0n) is 9.98. The van der Waals surface area contributed by atoms with Crippen molar-refractivity contribution in [1.29, 1.82) is 0 Å². The number of hydrogen-bond donors (Lipinski definition) is 3. The highest BCUT2D eigenvalue weighted by atomic mass is 31.2. The van der Waals surface area contributed by atoms with Gasteiger partial charge in [-0.05, 0) is 24.3 Å². The molecule has 0 saturated heterocycles. The van der Waals surface area contributed by atoms with Crippen LogP contribution in [0.4, 0.5) is 11.4 Å². The molecule has 0 aliphatic carbocycles. The fourth-order valence-electron chi connectivity index (χ4n) is 1.40. The van der Waals surface area contributed by atoms with Crippen molar-refractivity contribution in [3.8, 4) is 5.75 Å². The molecule has 19 heavy (non-hydrogen) atoms. The van der Waals surface area contributed by atoms with Crippen molar-refractivity contribution in [2.45, 2.75) is 0 Å². The van der Waals surface area contributed by atoms with Crippen molar-refractivity contribution in [3.05, 3.63) is 54.6 Å². The number of nitrogens with two attached hydrogens (primary N) is 1. The first kappa shape index (κ1) is 15.0. The van der Waals surface area contributed by atoms with E-state index in [4.69, 9.17) is 10.3 Å². The van der Waals surface area contributed by atoms with Crippen LogP contribution in [-0.2, 0) is 4.57 Å². The summed E-state index contributed by atoms with van der Waals surface area (Å²) in [7, 11) is -3.99. The van der Waals surface area contributed by atoms with Gasteiger partial charge in [0.2, 0.25) is 0 Å². The summed E-state index contributed by atoms with van der Waals surface area (Å²) in [6.45, 7) is 0. The van der Waals surface area contributed by atoms with Gasteiger partial charge in [0, 0.05) is 0 Å². The lowest BCUT2D eigenvalue weighted by Gasteiger charge is -2.16. The summed E-state index contributed by atoms with van der Waals surface area (Å²) >= 11 is 0. The lowest BCUT2D eigenvalue weighted by Crippen LogP contribution is -2.04. The van der Waals surface area contributed by atoms with Gasteiger partial charge in [-0.15, -0.1) is 0 Å². The summed E-state index contributed by atoms with van der Waals surface area (Å²) in [4.78, 5) is 9.71. The van der Waals surface area contributed by atoms with Crippen LogP contribution in [0.25, 0.3) is 0 Å². The minimum absolute atomic E-state index is 0. The highest BCUT2D eigenvalue weighted by molar-refractivity contribution is 7.54. The van der Waals surface area contributed by atoms with E-state index in [1.54, 1.807) is 54.6 Å². The molecule has 0 saturated carbocycles. The van der Waals surface area contributed by atoms with Crippen LogP contribution >= 0.6 is 7.75 Å². The molecule has 2 aromatic carbocycles. The molecule has 0 radical (unpaired) electrons. The van der Waals surface area contributed by atoms with Crippen LogP contribution < -0.4 is 15.3 Å². The second-order valence-corrected chi connectivity index (χ2v) is 5.07. The second-order valence-electron chi connectivity index (χ2n) is 3.62. The molecule has 7 heteroatoms. The van der Waals surface area contributed by atoms with E-state index in [-0.39, 0.29) is 5.48 Å². The van der Waals surface area contributed by atoms with Crippen molar-refractivity contribution in [2.24, 2.45) is 0 Å². The Morgan fingerprint density at radius 3 is 2.26 bits per heavy atom. The summed E-state index contributed by atoms with van der Waals surface area (Å²) in [6.07, 6.45) is 0. The standard InChI is InChI=1S/C12H13N2O3P.H2O/c13-11-8-4-5-9-12(11)14-18(15,16)17-10-6-2-1-3-7-10;/h1-9H,13H2,(H2,14,15,16);1H2. The molecule has 1 atom stereocenters. The van der Waals surface area contributed by atoms with E-state index in [0.717, 1.165) is 0 Å². The number of anilines is 2. The van der Waals surface area contributed by atoms with Crippen molar-refractivity contribution in [3.63, 3.8) is 0 Å². The van der Waals surface area contributed by atoms with Crippen LogP contribution in [0, 0.1) is 0 Å². The predicted molar refractivity (Wildman–Crippen MR) is 75.0 cm³/mol. The maximum atomic E-state index is 11.9. The van der Waals surface area contributed by atoms with Crippen LogP contribution in [0.5, 0.6) is 5.75 Å². The average molecular weight is 282 g/mol. The van der Waals surface area contributed by atoms with E-state index in [1.807, 2.05) is 0 Å². The van der Waals surface area contributed by atoms with Crippen molar-refractivity contribution in [1.82, 2.24) is 0 Å². The Balaban J connectivity index is 0.00000180. The molecule has 2 rings (SSSR count). The van der Waals surface area contributed by atoms with Crippen LogP contribution in [0.2, 0.25) is 0 Å². The number of hydrogen-bond acceptors (Lipinski definition) is 3. The normalized spacial score (nSPS) is 12.9. The fraction of sp³-hybridized carbons (Fsp3) is 0. The van der Waals surface area contributed by atoms with Gasteiger partial charge in [0.1, 0.15) is 5.75 Å². The molecule has 2 aromatic rings. The Bertz CT molecular complexity index is 577. The topological polar surface area (TPSA) is 116 Å². The lowest BCUT2D eigenvalue weighted by atomic mass is 10.3. The van der Waals surface area contributed by atoms with Gasteiger partial charge in [-0.3, -0.25) is 9.98 Å². The van der Waals surface area contributed by atoms with Gasteiger partial charge in [0.15, 0.2) is 0 Å². The Hall–Kier alpha value is -2.01. The van der Waals surface area contributed by atoms with Crippen molar-refractivity contribution in [2.75, 3.05) is 10.8 Å².